The summed E-state index contributed by atoms with van der Waals surface area (Å²) >= 11 is 0. The van der Waals surface area contributed by atoms with E-state index in [0.29, 0.717) is 12.0 Å². The van der Waals surface area contributed by atoms with Gasteiger partial charge < -0.3 is 9.15 Å². The van der Waals surface area contributed by atoms with E-state index in [2.05, 4.69) is 33.8 Å². The Bertz CT molecular complexity index is 461. The van der Waals surface area contributed by atoms with E-state index in [-0.39, 0.29) is 0 Å². The SMILES string of the molecule is CCOCCN1CCN(Cc2nnc(C3CC3)o2)C[C@H]1CC. The topological polar surface area (TPSA) is 54.6 Å². The lowest BCUT2D eigenvalue weighted by molar-refractivity contribution is 0.0355. The van der Waals surface area contributed by atoms with Crippen LogP contribution in [0.15, 0.2) is 4.42 Å². The molecule has 1 aliphatic carbocycles. The van der Waals surface area contributed by atoms with Crippen molar-refractivity contribution >= 4 is 0 Å². The van der Waals surface area contributed by atoms with Crippen LogP contribution in [0, 0.1) is 0 Å². The molecule has 0 aromatic carbocycles. The number of piperazine rings is 1. The lowest BCUT2D eigenvalue weighted by Crippen LogP contribution is -2.53. The normalized spacial score (nSPS) is 24.0. The Labute approximate surface area is 132 Å². The molecule has 22 heavy (non-hydrogen) atoms. The first-order chi connectivity index (χ1) is 10.8. The van der Waals surface area contributed by atoms with Gasteiger partial charge in [-0.15, -0.1) is 10.2 Å². The van der Waals surface area contributed by atoms with Crippen molar-refractivity contribution in [3.05, 3.63) is 11.8 Å². The molecule has 2 fully saturated rings. The first-order valence-electron chi connectivity index (χ1n) is 8.66. The van der Waals surface area contributed by atoms with E-state index in [9.17, 15) is 0 Å². The third-order valence-electron chi connectivity index (χ3n) is 4.65. The summed E-state index contributed by atoms with van der Waals surface area (Å²) < 4.78 is 11.3. The molecule has 6 nitrogen and oxygen atoms in total. The average molecular weight is 308 g/mol. The molecule has 0 spiro atoms. The van der Waals surface area contributed by atoms with Crippen molar-refractivity contribution in [1.29, 1.82) is 0 Å². The molecule has 0 radical (unpaired) electrons. The summed E-state index contributed by atoms with van der Waals surface area (Å²) in [5.41, 5.74) is 0. The van der Waals surface area contributed by atoms with E-state index in [4.69, 9.17) is 9.15 Å². The summed E-state index contributed by atoms with van der Waals surface area (Å²) in [6.07, 6.45) is 3.58. The van der Waals surface area contributed by atoms with Crippen molar-refractivity contribution < 1.29 is 9.15 Å². The highest BCUT2D eigenvalue weighted by atomic mass is 16.5. The highest BCUT2D eigenvalue weighted by Crippen LogP contribution is 2.39. The van der Waals surface area contributed by atoms with Crippen molar-refractivity contribution in [2.75, 3.05) is 39.4 Å². The molecule has 2 heterocycles. The van der Waals surface area contributed by atoms with Gasteiger partial charge in [-0.3, -0.25) is 9.80 Å². The maximum atomic E-state index is 5.79. The van der Waals surface area contributed by atoms with Crippen LogP contribution < -0.4 is 0 Å². The van der Waals surface area contributed by atoms with Crippen molar-refractivity contribution in [2.24, 2.45) is 0 Å². The molecular formula is C16H28N4O2. The fourth-order valence-corrected chi connectivity index (χ4v) is 3.13. The number of hydrogen-bond acceptors (Lipinski definition) is 6. The summed E-state index contributed by atoms with van der Waals surface area (Å²) in [6, 6.07) is 0.597. The minimum Gasteiger partial charge on any atom is -0.424 e. The van der Waals surface area contributed by atoms with Gasteiger partial charge >= 0.3 is 0 Å². The van der Waals surface area contributed by atoms with Gasteiger partial charge in [0.1, 0.15) is 0 Å². The van der Waals surface area contributed by atoms with E-state index in [1.165, 1.54) is 19.3 Å². The minimum atomic E-state index is 0.542. The van der Waals surface area contributed by atoms with E-state index in [1.807, 2.05) is 0 Å². The number of hydrogen-bond donors (Lipinski definition) is 0. The monoisotopic (exact) mass is 308 g/mol. The Kier molecular flexibility index (Phi) is 5.44. The van der Waals surface area contributed by atoms with Crippen LogP contribution in [0.5, 0.6) is 0 Å². The number of rotatable bonds is 8. The van der Waals surface area contributed by atoms with Crippen LogP contribution in [-0.2, 0) is 11.3 Å². The fourth-order valence-electron chi connectivity index (χ4n) is 3.13. The van der Waals surface area contributed by atoms with E-state index in [1.54, 1.807) is 0 Å². The zero-order valence-corrected chi connectivity index (χ0v) is 13.8. The summed E-state index contributed by atoms with van der Waals surface area (Å²) in [5.74, 6) is 2.16. The quantitative estimate of drug-likeness (QED) is 0.684. The molecule has 2 aliphatic rings. The molecule has 6 heteroatoms. The Morgan fingerprint density at radius 1 is 1.23 bits per heavy atom. The lowest BCUT2D eigenvalue weighted by Gasteiger charge is -2.40. The summed E-state index contributed by atoms with van der Waals surface area (Å²) in [7, 11) is 0. The number of nitrogens with zero attached hydrogens (tertiary/aromatic N) is 4. The molecule has 0 unspecified atom stereocenters. The maximum absolute atomic E-state index is 5.79. The number of aromatic nitrogens is 2. The van der Waals surface area contributed by atoms with Crippen LogP contribution >= 0.6 is 0 Å². The van der Waals surface area contributed by atoms with Crippen LogP contribution in [0.25, 0.3) is 0 Å². The van der Waals surface area contributed by atoms with Crippen LogP contribution in [0.4, 0.5) is 0 Å². The second-order valence-corrected chi connectivity index (χ2v) is 6.34. The Balaban J connectivity index is 1.48. The van der Waals surface area contributed by atoms with Gasteiger partial charge in [0.15, 0.2) is 0 Å². The summed E-state index contributed by atoms with van der Waals surface area (Å²) in [4.78, 5) is 4.99. The molecule has 0 N–H and O–H groups in total. The van der Waals surface area contributed by atoms with Crippen molar-refractivity contribution in [3.63, 3.8) is 0 Å². The van der Waals surface area contributed by atoms with Crippen LogP contribution in [-0.4, -0.2) is 65.4 Å². The highest BCUT2D eigenvalue weighted by molar-refractivity contribution is 5.00. The molecule has 1 aromatic heterocycles. The molecule has 0 amide bonds. The van der Waals surface area contributed by atoms with Crippen LogP contribution in [0.2, 0.25) is 0 Å². The van der Waals surface area contributed by atoms with Gasteiger partial charge in [-0.25, -0.2) is 0 Å². The van der Waals surface area contributed by atoms with E-state index < -0.39 is 0 Å². The van der Waals surface area contributed by atoms with Gasteiger partial charge in [-0.05, 0) is 26.2 Å². The van der Waals surface area contributed by atoms with Crippen LogP contribution in [0.1, 0.15) is 50.8 Å². The largest absolute Gasteiger partial charge is 0.424 e. The zero-order valence-electron chi connectivity index (χ0n) is 13.8. The van der Waals surface area contributed by atoms with Gasteiger partial charge in [0.05, 0.1) is 13.2 Å². The molecule has 1 aromatic rings. The third kappa shape index (κ3) is 4.06. The van der Waals surface area contributed by atoms with Crippen molar-refractivity contribution in [3.8, 4) is 0 Å². The van der Waals surface area contributed by atoms with Gasteiger partial charge in [0.25, 0.3) is 0 Å². The molecule has 1 aliphatic heterocycles. The second kappa shape index (κ2) is 7.53. The predicted octanol–water partition coefficient (Wildman–Crippen LogP) is 1.88. The minimum absolute atomic E-state index is 0.542. The summed E-state index contributed by atoms with van der Waals surface area (Å²) in [5, 5.41) is 8.39. The van der Waals surface area contributed by atoms with E-state index in [0.717, 1.165) is 57.7 Å². The van der Waals surface area contributed by atoms with Gasteiger partial charge in [-0.2, -0.15) is 0 Å². The Morgan fingerprint density at radius 3 is 2.82 bits per heavy atom. The van der Waals surface area contributed by atoms with Gasteiger partial charge in [0, 0.05) is 44.7 Å². The zero-order chi connectivity index (χ0) is 15.4. The maximum Gasteiger partial charge on any atom is 0.230 e. The molecular weight excluding hydrogens is 280 g/mol. The molecule has 0 bridgehead atoms. The molecule has 1 atom stereocenters. The molecule has 3 rings (SSSR count). The highest BCUT2D eigenvalue weighted by Gasteiger charge is 2.30. The fraction of sp³-hybridized carbons (Fsp3) is 0.875. The summed E-state index contributed by atoms with van der Waals surface area (Å²) in [6.45, 7) is 11.0. The Morgan fingerprint density at radius 2 is 2.09 bits per heavy atom. The smallest absolute Gasteiger partial charge is 0.230 e. The third-order valence-corrected chi connectivity index (χ3v) is 4.65. The first kappa shape index (κ1) is 15.9. The molecule has 1 saturated heterocycles. The van der Waals surface area contributed by atoms with E-state index >= 15 is 0 Å². The molecule has 124 valence electrons. The molecule has 1 saturated carbocycles. The van der Waals surface area contributed by atoms with Crippen LogP contribution in [0.3, 0.4) is 0 Å². The second-order valence-electron chi connectivity index (χ2n) is 6.34. The first-order valence-corrected chi connectivity index (χ1v) is 8.66. The average Bonchev–Trinajstić information content (AvgIpc) is 3.29. The van der Waals surface area contributed by atoms with Gasteiger partial charge in [0.2, 0.25) is 11.8 Å². The van der Waals surface area contributed by atoms with Crippen molar-refractivity contribution in [1.82, 2.24) is 20.0 Å². The predicted molar refractivity (Wildman–Crippen MR) is 83.7 cm³/mol. The van der Waals surface area contributed by atoms with Crippen molar-refractivity contribution in [2.45, 2.75) is 51.6 Å². The number of ether oxygens (including phenoxy) is 1. The Hall–Kier alpha value is -0.980. The lowest BCUT2D eigenvalue weighted by atomic mass is 10.1. The standard InChI is InChI=1S/C16H28N4O2/c1-3-14-11-19(7-8-20(14)9-10-21-4-2)12-15-17-18-16(22-15)13-5-6-13/h13-14H,3-12H2,1-2H3/t14-/m1/s1. The van der Waals surface area contributed by atoms with Gasteiger partial charge in [-0.1, -0.05) is 6.92 Å².